The summed E-state index contributed by atoms with van der Waals surface area (Å²) in [6.07, 6.45) is -0.742. The fraction of sp³-hybridized carbons (Fsp3) is 0.136. The number of hydrogen-bond donors (Lipinski definition) is 2. The number of primary amides is 1. The van der Waals surface area contributed by atoms with E-state index >= 15 is 0 Å². The van der Waals surface area contributed by atoms with Crippen LogP contribution in [-0.4, -0.2) is 6.09 Å². The molecule has 4 nitrogen and oxygen atoms in total. The molecule has 0 spiro atoms. The number of nitrogens with one attached hydrogen (secondary N) is 1. The number of ether oxygens (including phenoxy) is 1. The number of nitrogens with two attached hydrogens (primary N) is 1. The van der Waals surface area contributed by atoms with E-state index < -0.39 is 6.09 Å². The molecule has 0 aliphatic carbocycles. The molecule has 0 atom stereocenters. The third kappa shape index (κ3) is 8.13. The minimum atomic E-state index is -0.742. The Morgan fingerprint density at radius 1 is 0.692 bits per heavy atom. The molecule has 0 saturated carbocycles. The van der Waals surface area contributed by atoms with Crippen LogP contribution in [0.5, 0.6) is 0 Å². The van der Waals surface area contributed by atoms with Gasteiger partial charge in [0.15, 0.2) is 0 Å². The standard InChI is InChI=1S/C14H15N.C8H9NO2/c1-3-7-13(8-4-1)11-15-12-14-9-5-2-6-10-14;9-8(10)11-6-7-4-2-1-3-5-7/h1-10,15H,11-12H2;1-5H,6H2,(H2,9,10). The molecular weight excluding hydrogens is 324 g/mol. The molecule has 0 aliphatic rings. The van der Waals surface area contributed by atoms with Crippen LogP contribution in [0.25, 0.3) is 0 Å². The van der Waals surface area contributed by atoms with Gasteiger partial charge in [-0.25, -0.2) is 4.79 Å². The van der Waals surface area contributed by atoms with Crippen LogP contribution in [-0.2, 0) is 24.4 Å². The predicted molar refractivity (Wildman–Crippen MR) is 104 cm³/mol. The van der Waals surface area contributed by atoms with Crippen LogP contribution in [0.15, 0.2) is 91.0 Å². The lowest BCUT2D eigenvalue weighted by molar-refractivity contribution is 0.150. The normalized spacial score (nSPS) is 9.69. The molecule has 4 heteroatoms. The second kappa shape index (κ2) is 11.4. The van der Waals surface area contributed by atoms with E-state index in [1.807, 2.05) is 42.5 Å². The summed E-state index contributed by atoms with van der Waals surface area (Å²) in [6, 6.07) is 30.3. The molecule has 0 saturated heterocycles. The van der Waals surface area contributed by atoms with E-state index in [2.05, 4.69) is 58.6 Å². The Morgan fingerprint density at radius 2 is 1.08 bits per heavy atom. The van der Waals surface area contributed by atoms with Gasteiger partial charge in [0.05, 0.1) is 0 Å². The first kappa shape index (κ1) is 19.2. The van der Waals surface area contributed by atoms with Gasteiger partial charge in [-0.3, -0.25) is 0 Å². The zero-order valence-electron chi connectivity index (χ0n) is 14.7. The number of carbonyl (C=O) groups is 1. The lowest BCUT2D eigenvalue weighted by atomic mass is 10.2. The maximum Gasteiger partial charge on any atom is 0.404 e. The van der Waals surface area contributed by atoms with Crippen molar-refractivity contribution in [2.45, 2.75) is 19.7 Å². The molecule has 0 aliphatic heterocycles. The quantitative estimate of drug-likeness (QED) is 0.699. The van der Waals surface area contributed by atoms with Crippen molar-refractivity contribution in [3.05, 3.63) is 108 Å². The van der Waals surface area contributed by atoms with Gasteiger partial charge < -0.3 is 15.8 Å². The second-order valence-corrected chi connectivity index (χ2v) is 5.67. The largest absolute Gasteiger partial charge is 0.445 e. The summed E-state index contributed by atoms with van der Waals surface area (Å²) >= 11 is 0. The zero-order valence-corrected chi connectivity index (χ0v) is 14.7. The van der Waals surface area contributed by atoms with Gasteiger partial charge >= 0.3 is 6.09 Å². The number of hydrogen-bond acceptors (Lipinski definition) is 3. The van der Waals surface area contributed by atoms with E-state index in [0.29, 0.717) is 0 Å². The summed E-state index contributed by atoms with van der Waals surface area (Å²) < 4.78 is 4.57. The van der Waals surface area contributed by atoms with E-state index in [-0.39, 0.29) is 6.61 Å². The highest BCUT2D eigenvalue weighted by Crippen LogP contribution is 2.01. The molecule has 26 heavy (non-hydrogen) atoms. The molecule has 0 aromatic heterocycles. The van der Waals surface area contributed by atoms with Crippen molar-refractivity contribution < 1.29 is 9.53 Å². The Morgan fingerprint density at radius 3 is 1.46 bits per heavy atom. The number of carbonyl (C=O) groups excluding carboxylic acids is 1. The molecule has 0 fully saturated rings. The Balaban J connectivity index is 0.000000197. The molecule has 3 rings (SSSR count). The Hall–Kier alpha value is -3.11. The number of benzene rings is 3. The van der Waals surface area contributed by atoms with E-state index in [1.165, 1.54) is 11.1 Å². The molecule has 3 aromatic carbocycles. The van der Waals surface area contributed by atoms with Crippen molar-refractivity contribution in [3.63, 3.8) is 0 Å². The van der Waals surface area contributed by atoms with Gasteiger partial charge in [0.1, 0.15) is 6.61 Å². The van der Waals surface area contributed by atoms with Crippen molar-refractivity contribution in [3.8, 4) is 0 Å². The highest BCUT2D eigenvalue weighted by atomic mass is 16.5. The molecular formula is C22H24N2O2. The molecule has 0 radical (unpaired) electrons. The summed E-state index contributed by atoms with van der Waals surface area (Å²) in [7, 11) is 0. The monoisotopic (exact) mass is 348 g/mol. The van der Waals surface area contributed by atoms with Crippen LogP contribution in [0, 0.1) is 0 Å². The number of rotatable bonds is 6. The van der Waals surface area contributed by atoms with E-state index in [1.54, 1.807) is 0 Å². The first-order chi connectivity index (χ1) is 12.7. The van der Waals surface area contributed by atoms with E-state index in [0.717, 1.165) is 18.7 Å². The van der Waals surface area contributed by atoms with Crippen molar-refractivity contribution in [2.75, 3.05) is 0 Å². The van der Waals surface area contributed by atoms with Crippen LogP contribution in [0.3, 0.4) is 0 Å². The fourth-order valence-corrected chi connectivity index (χ4v) is 2.27. The van der Waals surface area contributed by atoms with Crippen LogP contribution < -0.4 is 11.1 Å². The Bertz CT molecular complexity index is 707. The van der Waals surface area contributed by atoms with E-state index in [9.17, 15) is 4.79 Å². The lowest BCUT2D eigenvalue weighted by Crippen LogP contribution is -2.12. The highest BCUT2D eigenvalue weighted by Gasteiger charge is 1.94. The van der Waals surface area contributed by atoms with Crippen LogP contribution in [0.1, 0.15) is 16.7 Å². The topological polar surface area (TPSA) is 64.4 Å². The van der Waals surface area contributed by atoms with Crippen molar-refractivity contribution >= 4 is 6.09 Å². The molecule has 3 aromatic rings. The summed E-state index contributed by atoms with van der Waals surface area (Å²) in [5, 5.41) is 3.42. The third-order valence-electron chi connectivity index (χ3n) is 3.57. The smallest absolute Gasteiger partial charge is 0.404 e. The van der Waals surface area contributed by atoms with Crippen LogP contribution >= 0.6 is 0 Å². The lowest BCUT2D eigenvalue weighted by Gasteiger charge is -2.04. The van der Waals surface area contributed by atoms with Gasteiger partial charge in [0.2, 0.25) is 0 Å². The van der Waals surface area contributed by atoms with Gasteiger partial charge in [-0.15, -0.1) is 0 Å². The SMILES string of the molecule is NC(=O)OCc1ccccc1.c1ccc(CNCc2ccccc2)cc1. The van der Waals surface area contributed by atoms with Crippen LogP contribution in [0.2, 0.25) is 0 Å². The summed E-state index contributed by atoms with van der Waals surface area (Å²) in [5.41, 5.74) is 8.37. The summed E-state index contributed by atoms with van der Waals surface area (Å²) in [5.74, 6) is 0. The minimum Gasteiger partial charge on any atom is -0.445 e. The van der Waals surface area contributed by atoms with Crippen molar-refractivity contribution in [1.82, 2.24) is 5.32 Å². The average molecular weight is 348 g/mol. The molecule has 134 valence electrons. The predicted octanol–water partition coefficient (Wildman–Crippen LogP) is 4.26. The van der Waals surface area contributed by atoms with Gasteiger partial charge in [-0.05, 0) is 16.7 Å². The summed E-state index contributed by atoms with van der Waals surface area (Å²) in [4.78, 5) is 10.2. The Labute approximate surface area is 154 Å². The Kier molecular flexibility index (Phi) is 8.46. The molecule has 0 bridgehead atoms. The molecule has 1 amide bonds. The maximum atomic E-state index is 10.2. The average Bonchev–Trinajstić information content (AvgIpc) is 2.69. The fourth-order valence-electron chi connectivity index (χ4n) is 2.27. The van der Waals surface area contributed by atoms with E-state index in [4.69, 9.17) is 5.73 Å². The highest BCUT2D eigenvalue weighted by molar-refractivity contribution is 5.64. The van der Waals surface area contributed by atoms with Crippen molar-refractivity contribution in [1.29, 1.82) is 0 Å². The van der Waals surface area contributed by atoms with Gasteiger partial charge in [-0.2, -0.15) is 0 Å². The molecule has 3 N–H and O–H groups in total. The van der Waals surface area contributed by atoms with Gasteiger partial charge in [0.25, 0.3) is 0 Å². The van der Waals surface area contributed by atoms with Gasteiger partial charge in [-0.1, -0.05) is 91.0 Å². The minimum absolute atomic E-state index is 0.246. The van der Waals surface area contributed by atoms with Crippen LogP contribution in [0.4, 0.5) is 4.79 Å². The number of amides is 1. The molecule has 0 heterocycles. The summed E-state index contributed by atoms with van der Waals surface area (Å²) in [6.45, 7) is 2.10. The van der Waals surface area contributed by atoms with Gasteiger partial charge in [0, 0.05) is 13.1 Å². The van der Waals surface area contributed by atoms with Crippen molar-refractivity contribution in [2.24, 2.45) is 5.73 Å². The first-order valence-electron chi connectivity index (χ1n) is 8.49. The first-order valence-corrected chi connectivity index (χ1v) is 8.49. The molecule has 0 unspecified atom stereocenters. The third-order valence-corrected chi connectivity index (χ3v) is 3.57. The maximum absolute atomic E-state index is 10.2. The zero-order chi connectivity index (χ0) is 18.5. The second-order valence-electron chi connectivity index (χ2n) is 5.67.